The number of nitrogens with zero attached hydrogens (tertiary/aromatic N) is 1. The second kappa shape index (κ2) is 6.78. The fraction of sp³-hybridized carbons (Fsp3) is 0.231. The topological polar surface area (TPSA) is 63.4 Å². The molecule has 0 saturated carbocycles. The molecule has 0 aliphatic rings. The number of hydrogen-bond donors (Lipinski definition) is 1. The van der Waals surface area contributed by atoms with Crippen LogP contribution in [-0.2, 0) is 16.6 Å². The Morgan fingerprint density at radius 3 is 2.52 bits per heavy atom. The molecule has 0 fully saturated rings. The lowest BCUT2D eigenvalue weighted by Crippen LogP contribution is -2.30. The molecule has 0 unspecified atom stereocenters. The molecule has 1 aromatic carbocycles. The summed E-state index contributed by atoms with van der Waals surface area (Å²) in [5, 5.41) is 0. The van der Waals surface area contributed by atoms with Crippen LogP contribution in [0.4, 0.5) is 5.69 Å². The highest BCUT2D eigenvalue weighted by molar-refractivity contribution is 9.11. The van der Waals surface area contributed by atoms with Crippen LogP contribution in [0, 0.1) is 0 Å². The number of halogens is 2. The standard InChI is InChI=1S/C13H14Br2N2O2S2/c1-2-17(8-10-4-6-13(15)20-10)21(18,19)12-7-9(16)3-5-11(12)14/h3-7H,2,8,16H2,1H3. The van der Waals surface area contributed by atoms with Crippen molar-refractivity contribution >= 4 is 58.9 Å². The fourth-order valence-corrected chi connectivity index (χ4v) is 5.80. The summed E-state index contributed by atoms with van der Waals surface area (Å²) >= 11 is 8.20. The lowest BCUT2D eigenvalue weighted by molar-refractivity contribution is 0.426. The number of rotatable bonds is 5. The number of nitrogen functional groups attached to an aromatic ring is 1. The van der Waals surface area contributed by atoms with Gasteiger partial charge in [-0.3, -0.25) is 0 Å². The highest BCUT2D eigenvalue weighted by atomic mass is 79.9. The van der Waals surface area contributed by atoms with E-state index in [1.807, 2.05) is 19.1 Å². The molecule has 0 atom stereocenters. The Hall–Kier alpha value is -0.410. The van der Waals surface area contributed by atoms with Crippen molar-refractivity contribution in [3.63, 3.8) is 0 Å². The Morgan fingerprint density at radius 2 is 1.95 bits per heavy atom. The SMILES string of the molecule is CCN(Cc1ccc(Br)s1)S(=O)(=O)c1cc(N)ccc1Br. The zero-order valence-corrected chi connectivity index (χ0v) is 16.0. The zero-order valence-electron chi connectivity index (χ0n) is 11.2. The summed E-state index contributed by atoms with van der Waals surface area (Å²) in [5.74, 6) is 0. The molecule has 0 amide bonds. The van der Waals surface area contributed by atoms with Crippen molar-refractivity contribution in [2.24, 2.45) is 0 Å². The molecule has 0 saturated heterocycles. The van der Waals surface area contributed by atoms with Crippen LogP contribution in [0.15, 0.2) is 43.5 Å². The van der Waals surface area contributed by atoms with Gasteiger partial charge in [0.2, 0.25) is 10.0 Å². The summed E-state index contributed by atoms with van der Waals surface area (Å²) in [6.45, 7) is 2.55. The van der Waals surface area contributed by atoms with Gasteiger partial charge in [-0.2, -0.15) is 4.31 Å². The van der Waals surface area contributed by atoms with Crippen molar-refractivity contribution in [3.05, 3.63) is 43.5 Å². The quantitative estimate of drug-likeness (QED) is 0.694. The van der Waals surface area contributed by atoms with Crippen LogP contribution in [0.2, 0.25) is 0 Å². The predicted octanol–water partition coefficient (Wildman–Crippen LogP) is 4.07. The number of nitrogens with two attached hydrogens (primary N) is 1. The predicted molar refractivity (Wildman–Crippen MR) is 93.8 cm³/mol. The van der Waals surface area contributed by atoms with Gasteiger partial charge in [0.1, 0.15) is 0 Å². The van der Waals surface area contributed by atoms with Gasteiger partial charge in [-0.25, -0.2) is 8.42 Å². The van der Waals surface area contributed by atoms with Gasteiger partial charge in [-0.15, -0.1) is 11.3 Å². The van der Waals surface area contributed by atoms with Gasteiger partial charge < -0.3 is 5.73 Å². The van der Waals surface area contributed by atoms with Gasteiger partial charge >= 0.3 is 0 Å². The molecular formula is C13H14Br2N2O2S2. The smallest absolute Gasteiger partial charge is 0.244 e. The van der Waals surface area contributed by atoms with E-state index >= 15 is 0 Å². The molecule has 2 rings (SSSR count). The number of hydrogen-bond acceptors (Lipinski definition) is 4. The minimum absolute atomic E-state index is 0.194. The van der Waals surface area contributed by atoms with Crippen molar-refractivity contribution in [3.8, 4) is 0 Å². The van der Waals surface area contributed by atoms with Crippen molar-refractivity contribution in [1.29, 1.82) is 0 Å². The fourth-order valence-electron chi connectivity index (χ4n) is 1.83. The minimum Gasteiger partial charge on any atom is -0.399 e. The molecular weight excluding hydrogens is 440 g/mol. The summed E-state index contributed by atoms with van der Waals surface area (Å²) in [4.78, 5) is 1.17. The van der Waals surface area contributed by atoms with Gasteiger partial charge in [0.05, 0.1) is 8.68 Å². The lowest BCUT2D eigenvalue weighted by Gasteiger charge is -2.20. The highest BCUT2D eigenvalue weighted by Gasteiger charge is 2.26. The Morgan fingerprint density at radius 1 is 1.24 bits per heavy atom. The highest BCUT2D eigenvalue weighted by Crippen LogP contribution is 2.29. The molecule has 4 nitrogen and oxygen atoms in total. The molecule has 0 radical (unpaired) electrons. The second-order valence-electron chi connectivity index (χ2n) is 4.33. The van der Waals surface area contributed by atoms with E-state index in [2.05, 4.69) is 31.9 Å². The molecule has 2 N–H and O–H groups in total. The molecule has 0 aliphatic carbocycles. The average Bonchev–Trinajstić information content (AvgIpc) is 2.84. The third kappa shape index (κ3) is 3.87. The molecule has 114 valence electrons. The Kier molecular flexibility index (Phi) is 5.48. The third-order valence-electron chi connectivity index (χ3n) is 2.89. The van der Waals surface area contributed by atoms with Gasteiger partial charge in [0.25, 0.3) is 0 Å². The Labute approximate surface area is 145 Å². The molecule has 0 aliphatic heterocycles. The molecule has 1 aromatic heterocycles. The van der Waals surface area contributed by atoms with E-state index in [0.717, 1.165) is 8.66 Å². The van der Waals surface area contributed by atoms with Gasteiger partial charge in [-0.05, 0) is 62.2 Å². The van der Waals surface area contributed by atoms with Crippen LogP contribution in [0.1, 0.15) is 11.8 Å². The number of benzene rings is 1. The summed E-state index contributed by atoms with van der Waals surface area (Å²) in [6.07, 6.45) is 0. The van der Waals surface area contributed by atoms with E-state index in [1.54, 1.807) is 12.1 Å². The van der Waals surface area contributed by atoms with Crippen LogP contribution in [0.25, 0.3) is 0 Å². The molecule has 0 bridgehead atoms. The van der Waals surface area contributed by atoms with Crippen LogP contribution in [0.5, 0.6) is 0 Å². The maximum absolute atomic E-state index is 12.8. The van der Waals surface area contributed by atoms with E-state index in [0.29, 0.717) is 23.2 Å². The van der Waals surface area contributed by atoms with Crippen molar-refractivity contribution in [1.82, 2.24) is 4.31 Å². The summed E-state index contributed by atoms with van der Waals surface area (Å²) in [6, 6.07) is 8.62. The maximum atomic E-state index is 12.8. The normalized spacial score (nSPS) is 12.0. The number of anilines is 1. The third-order valence-corrected chi connectivity index (χ3v) is 7.41. The lowest BCUT2D eigenvalue weighted by atomic mass is 10.3. The van der Waals surface area contributed by atoms with Crippen LogP contribution in [-0.4, -0.2) is 19.3 Å². The Balaban J connectivity index is 2.37. The van der Waals surface area contributed by atoms with E-state index < -0.39 is 10.0 Å². The van der Waals surface area contributed by atoms with Gasteiger partial charge in [0.15, 0.2) is 0 Å². The summed E-state index contributed by atoms with van der Waals surface area (Å²) in [7, 11) is -3.60. The second-order valence-corrected chi connectivity index (χ2v) is 9.64. The first-order valence-electron chi connectivity index (χ1n) is 6.14. The molecule has 0 spiro atoms. The van der Waals surface area contributed by atoms with Crippen molar-refractivity contribution in [2.75, 3.05) is 12.3 Å². The average molecular weight is 454 g/mol. The van der Waals surface area contributed by atoms with Gasteiger partial charge in [0, 0.05) is 28.1 Å². The first-order valence-corrected chi connectivity index (χ1v) is 9.98. The van der Waals surface area contributed by atoms with E-state index in [4.69, 9.17) is 5.73 Å². The first-order chi connectivity index (χ1) is 9.84. The molecule has 2 aromatic rings. The number of thiophene rings is 1. The molecule has 21 heavy (non-hydrogen) atoms. The largest absolute Gasteiger partial charge is 0.399 e. The van der Waals surface area contributed by atoms with Crippen LogP contribution < -0.4 is 5.73 Å². The zero-order chi connectivity index (χ0) is 15.6. The molecule has 1 heterocycles. The van der Waals surface area contributed by atoms with Crippen molar-refractivity contribution < 1.29 is 8.42 Å². The van der Waals surface area contributed by atoms with E-state index in [1.165, 1.54) is 21.7 Å². The first kappa shape index (κ1) is 17.0. The maximum Gasteiger partial charge on any atom is 0.244 e. The van der Waals surface area contributed by atoms with E-state index in [9.17, 15) is 8.42 Å². The number of sulfonamides is 1. The molecule has 8 heteroatoms. The van der Waals surface area contributed by atoms with E-state index in [-0.39, 0.29) is 4.90 Å². The van der Waals surface area contributed by atoms with Crippen molar-refractivity contribution in [2.45, 2.75) is 18.4 Å². The van der Waals surface area contributed by atoms with Crippen LogP contribution >= 0.6 is 43.2 Å². The Bertz CT molecular complexity index is 744. The monoisotopic (exact) mass is 452 g/mol. The summed E-state index contributed by atoms with van der Waals surface area (Å²) in [5.41, 5.74) is 6.14. The van der Waals surface area contributed by atoms with Crippen LogP contribution in [0.3, 0.4) is 0 Å². The minimum atomic E-state index is -3.60. The van der Waals surface area contributed by atoms with Gasteiger partial charge in [-0.1, -0.05) is 6.92 Å². The summed E-state index contributed by atoms with van der Waals surface area (Å²) < 4.78 is 28.5.